The van der Waals surface area contributed by atoms with Crippen LogP contribution in [0.3, 0.4) is 0 Å². The topological polar surface area (TPSA) is 17.0 Å². The summed E-state index contributed by atoms with van der Waals surface area (Å²) in [5, 5.41) is 4.17. The van der Waals surface area contributed by atoms with Crippen LogP contribution < -0.4 is 5.32 Å². The molecule has 0 unspecified atom stereocenters. The van der Waals surface area contributed by atoms with E-state index in [0.717, 1.165) is 39.0 Å². The number of dihydropyridines is 1. The van der Waals surface area contributed by atoms with Gasteiger partial charge in [0.1, 0.15) is 11.6 Å². The van der Waals surface area contributed by atoms with Gasteiger partial charge in [-0.25, -0.2) is 8.78 Å². The van der Waals surface area contributed by atoms with Crippen LogP contribution in [0.1, 0.15) is 29.3 Å². The molecule has 4 rings (SSSR count). The molecule has 1 aliphatic heterocycles. The van der Waals surface area contributed by atoms with Gasteiger partial charge in [0, 0.05) is 39.5 Å². The first kappa shape index (κ1) is 18.9. The third-order valence-corrected chi connectivity index (χ3v) is 5.21. The average Bonchev–Trinajstić information content (AvgIpc) is 3.00. The van der Waals surface area contributed by atoms with E-state index in [2.05, 4.69) is 18.5 Å². The van der Waals surface area contributed by atoms with Crippen molar-refractivity contribution in [1.29, 1.82) is 0 Å². The highest BCUT2D eigenvalue weighted by molar-refractivity contribution is 6.02. The Bertz CT molecular complexity index is 1230. The van der Waals surface area contributed by atoms with E-state index in [9.17, 15) is 8.78 Å². The monoisotopic (exact) mass is 388 g/mol. The van der Waals surface area contributed by atoms with Gasteiger partial charge in [0.25, 0.3) is 0 Å². The number of hydrogen-bond acceptors (Lipinski definition) is 1. The van der Waals surface area contributed by atoms with Crippen LogP contribution in [0.4, 0.5) is 8.78 Å². The van der Waals surface area contributed by atoms with Gasteiger partial charge in [0.2, 0.25) is 0 Å². The maximum Gasteiger partial charge on any atom is 0.131 e. The number of nitrogens with one attached hydrogen (secondary N) is 1. The minimum atomic E-state index is -0.440. The quantitative estimate of drug-likeness (QED) is 0.553. The maximum atomic E-state index is 14.8. The predicted octanol–water partition coefficient (Wildman–Crippen LogP) is 6.32. The Morgan fingerprint density at radius 1 is 1.17 bits per heavy atom. The minimum Gasteiger partial charge on any atom is -0.362 e. The Hall–Kier alpha value is -3.40. The molecule has 2 heterocycles. The number of aromatic nitrogens is 1. The molecule has 3 aromatic rings. The van der Waals surface area contributed by atoms with Crippen LogP contribution in [0, 0.1) is 18.6 Å². The summed E-state index contributed by atoms with van der Waals surface area (Å²) in [7, 11) is 0. The molecular weight excluding hydrogens is 366 g/mol. The zero-order chi connectivity index (χ0) is 20.7. The molecule has 0 radical (unpaired) electrons. The number of nitrogens with zero attached hydrogens (tertiary/aromatic N) is 1. The largest absolute Gasteiger partial charge is 0.362 e. The van der Waals surface area contributed by atoms with E-state index in [4.69, 9.17) is 0 Å². The molecule has 146 valence electrons. The SMILES string of the molecule is C=C1NC=CC=C1c1c(C(=C)C)n(Cc2cc(F)cc(C)c2F)c2ccccc12. The lowest BCUT2D eigenvalue weighted by molar-refractivity contribution is 0.570. The van der Waals surface area contributed by atoms with Crippen LogP contribution in [-0.2, 0) is 6.54 Å². The number of allylic oxidation sites excluding steroid dienone is 4. The Balaban J connectivity index is 2.02. The van der Waals surface area contributed by atoms with Crippen LogP contribution in [0.2, 0.25) is 0 Å². The van der Waals surface area contributed by atoms with Crippen molar-refractivity contribution in [3.8, 4) is 0 Å². The molecule has 2 nitrogen and oxygen atoms in total. The Morgan fingerprint density at radius 3 is 2.66 bits per heavy atom. The third-order valence-electron chi connectivity index (χ3n) is 5.21. The highest BCUT2D eigenvalue weighted by Crippen LogP contribution is 2.38. The molecule has 1 aromatic heterocycles. The van der Waals surface area contributed by atoms with Gasteiger partial charge in [0.05, 0.1) is 12.2 Å². The van der Waals surface area contributed by atoms with Gasteiger partial charge in [-0.15, -0.1) is 0 Å². The van der Waals surface area contributed by atoms with E-state index in [-0.39, 0.29) is 12.4 Å². The molecule has 4 heteroatoms. The molecule has 0 aliphatic carbocycles. The summed E-state index contributed by atoms with van der Waals surface area (Å²) in [6, 6.07) is 10.4. The highest BCUT2D eigenvalue weighted by atomic mass is 19.1. The number of para-hydroxylation sites is 1. The van der Waals surface area contributed by atoms with E-state index in [1.54, 1.807) is 6.92 Å². The summed E-state index contributed by atoms with van der Waals surface area (Å²) in [6.07, 6.45) is 5.76. The van der Waals surface area contributed by atoms with Crippen molar-refractivity contribution in [1.82, 2.24) is 9.88 Å². The molecule has 0 fully saturated rings. The van der Waals surface area contributed by atoms with Crippen LogP contribution in [0.25, 0.3) is 22.0 Å². The molecule has 2 aromatic carbocycles. The van der Waals surface area contributed by atoms with Gasteiger partial charge >= 0.3 is 0 Å². The van der Waals surface area contributed by atoms with E-state index in [0.29, 0.717) is 11.1 Å². The molecule has 1 N–H and O–H groups in total. The number of benzene rings is 2. The molecule has 0 amide bonds. The minimum absolute atomic E-state index is 0.205. The highest BCUT2D eigenvalue weighted by Gasteiger charge is 2.23. The summed E-state index contributed by atoms with van der Waals surface area (Å²) < 4.78 is 30.8. The van der Waals surface area contributed by atoms with Crippen molar-refractivity contribution in [2.75, 3.05) is 0 Å². The van der Waals surface area contributed by atoms with Gasteiger partial charge in [-0.1, -0.05) is 37.4 Å². The van der Waals surface area contributed by atoms with Gasteiger partial charge in [-0.05, 0) is 49.3 Å². The summed E-state index contributed by atoms with van der Waals surface area (Å²) in [6.45, 7) is 12.0. The molecular formula is C25H22F2N2. The second kappa shape index (κ2) is 7.21. The fourth-order valence-electron chi connectivity index (χ4n) is 3.97. The van der Waals surface area contributed by atoms with Crippen LogP contribution >= 0.6 is 0 Å². The Labute approximate surface area is 169 Å². The zero-order valence-corrected chi connectivity index (χ0v) is 16.5. The number of fused-ring (bicyclic) bond motifs is 1. The fraction of sp³-hybridized carbons (Fsp3) is 0.120. The van der Waals surface area contributed by atoms with Gasteiger partial charge in [-0.3, -0.25) is 0 Å². The molecule has 29 heavy (non-hydrogen) atoms. The molecule has 0 spiro atoms. The van der Waals surface area contributed by atoms with Crippen molar-refractivity contribution in [3.63, 3.8) is 0 Å². The molecule has 0 saturated heterocycles. The summed E-state index contributed by atoms with van der Waals surface area (Å²) in [4.78, 5) is 0. The van der Waals surface area contributed by atoms with Crippen LogP contribution in [0.5, 0.6) is 0 Å². The third kappa shape index (κ3) is 3.21. The Morgan fingerprint density at radius 2 is 1.93 bits per heavy atom. The number of rotatable bonds is 4. The molecule has 1 aliphatic rings. The number of aryl methyl sites for hydroxylation is 1. The van der Waals surface area contributed by atoms with Gasteiger partial charge in [0.15, 0.2) is 0 Å². The Kier molecular flexibility index (Phi) is 4.71. The second-order valence-electron chi connectivity index (χ2n) is 7.37. The van der Waals surface area contributed by atoms with Gasteiger partial charge < -0.3 is 9.88 Å². The number of halogens is 2. The lowest BCUT2D eigenvalue weighted by Crippen LogP contribution is -2.11. The first-order valence-corrected chi connectivity index (χ1v) is 9.43. The first-order valence-electron chi connectivity index (χ1n) is 9.43. The smallest absolute Gasteiger partial charge is 0.131 e. The molecule has 0 bridgehead atoms. The fourth-order valence-corrected chi connectivity index (χ4v) is 3.97. The van der Waals surface area contributed by atoms with E-state index in [1.807, 2.05) is 54.1 Å². The van der Waals surface area contributed by atoms with Crippen molar-refractivity contribution in [2.45, 2.75) is 20.4 Å². The van der Waals surface area contributed by atoms with Crippen molar-refractivity contribution in [2.24, 2.45) is 0 Å². The van der Waals surface area contributed by atoms with E-state index < -0.39 is 5.82 Å². The van der Waals surface area contributed by atoms with Gasteiger partial charge in [-0.2, -0.15) is 0 Å². The number of hydrogen-bond donors (Lipinski definition) is 1. The zero-order valence-electron chi connectivity index (χ0n) is 16.5. The second-order valence-corrected chi connectivity index (χ2v) is 7.37. The average molecular weight is 388 g/mol. The summed E-state index contributed by atoms with van der Waals surface area (Å²) in [5.41, 5.74) is 6.00. The first-order chi connectivity index (χ1) is 13.9. The van der Waals surface area contributed by atoms with Crippen molar-refractivity contribution >= 4 is 22.0 Å². The van der Waals surface area contributed by atoms with Crippen LogP contribution in [0.15, 0.2) is 73.6 Å². The van der Waals surface area contributed by atoms with Crippen molar-refractivity contribution in [3.05, 3.63) is 108 Å². The molecule has 0 saturated carbocycles. The lowest BCUT2D eigenvalue weighted by atomic mass is 9.96. The normalized spacial score (nSPS) is 13.5. The molecule has 0 atom stereocenters. The van der Waals surface area contributed by atoms with E-state index in [1.165, 1.54) is 12.1 Å². The summed E-state index contributed by atoms with van der Waals surface area (Å²) in [5.74, 6) is -0.825. The van der Waals surface area contributed by atoms with Crippen LogP contribution in [-0.4, -0.2) is 4.57 Å². The lowest BCUT2D eigenvalue weighted by Gasteiger charge is -2.17. The van der Waals surface area contributed by atoms with E-state index >= 15 is 0 Å². The predicted molar refractivity (Wildman–Crippen MR) is 116 cm³/mol. The summed E-state index contributed by atoms with van der Waals surface area (Å²) >= 11 is 0. The maximum absolute atomic E-state index is 14.8. The standard InChI is InChI=1S/C25H22F2N2/c1-15(2)25-23(20-9-7-11-28-17(20)4)21-8-5-6-10-22(21)29(25)14-18-13-19(26)12-16(3)24(18)27/h5-13,28H,1,4,14H2,2-3H3. The van der Waals surface area contributed by atoms with Crippen molar-refractivity contribution < 1.29 is 8.78 Å².